The summed E-state index contributed by atoms with van der Waals surface area (Å²) in [4.78, 5) is 35.8. The molecule has 0 aliphatic carbocycles. The number of aromatic hydroxyl groups is 1. The first-order chi connectivity index (χ1) is 11.3. The number of hydrogen-bond acceptors (Lipinski definition) is 5. The van der Waals surface area contributed by atoms with E-state index in [0.717, 1.165) is 34.8 Å². The Balaban J connectivity index is 3.01. The predicted molar refractivity (Wildman–Crippen MR) is 92.3 cm³/mol. The number of nitrogens with one attached hydrogen (secondary N) is 1. The normalized spacial score (nSPS) is 11.6. The molecule has 0 fully saturated rings. The van der Waals surface area contributed by atoms with Crippen LogP contribution < -0.4 is 16.7 Å². The second-order valence-corrected chi connectivity index (χ2v) is 5.66. The zero-order chi connectivity index (χ0) is 18.3. The number of rotatable bonds is 8. The van der Waals surface area contributed by atoms with Gasteiger partial charge >= 0.3 is 5.69 Å². The molecule has 134 valence electrons. The average Bonchev–Trinajstić information content (AvgIpc) is 2.58. The lowest BCUT2D eigenvalue weighted by atomic mass is 10.1. The van der Waals surface area contributed by atoms with E-state index in [4.69, 9.17) is 0 Å². The molecule has 0 bridgehead atoms. The highest BCUT2D eigenvalue weighted by molar-refractivity contribution is 6.02. The van der Waals surface area contributed by atoms with Gasteiger partial charge in [0, 0.05) is 20.5 Å². The Morgan fingerprint density at radius 2 is 1.79 bits per heavy atom. The third kappa shape index (κ3) is 4.56. The minimum absolute atomic E-state index is 0.0756. The number of carbonyl (C=O) groups excluding carboxylic acids is 1. The Bertz CT molecular complexity index is 731. The molecule has 1 rings (SSSR count). The first-order valence-corrected chi connectivity index (χ1v) is 8.19. The van der Waals surface area contributed by atoms with Gasteiger partial charge in [0.15, 0.2) is 0 Å². The summed E-state index contributed by atoms with van der Waals surface area (Å²) in [6.45, 7) is 3.84. The molecule has 0 spiro atoms. The molecule has 0 radical (unpaired) electrons. The van der Waals surface area contributed by atoms with Crippen LogP contribution in [0.15, 0.2) is 14.7 Å². The monoisotopic (exact) mass is 338 g/mol. The zero-order valence-corrected chi connectivity index (χ0v) is 14.8. The topological polar surface area (TPSA) is 106 Å². The van der Waals surface area contributed by atoms with Crippen molar-refractivity contribution in [1.82, 2.24) is 14.6 Å². The van der Waals surface area contributed by atoms with Crippen LogP contribution in [0.4, 0.5) is 0 Å². The molecule has 0 atom stereocenters. The van der Waals surface area contributed by atoms with Crippen molar-refractivity contribution in [3.63, 3.8) is 0 Å². The van der Waals surface area contributed by atoms with Gasteiger partial charge in [0.25, 0.3) is 5.56 Å². The third-order valence-corrected chi connectivity index (χ3v) is 3.83. The first-order valence-electron chi connectivity index (χ1n) is 8.19. The second-order valence-electron chi connectivity index (χ2n) is 5.66. The van der Waals surface area contributed by atoms with E-state index in [9.17, 15) is 19.5 Å². The van der Waals surface area contributed by atoms with Gasteiger partial charge in [0.05, 0.1) is 5.71 Å². The highest BCUT2D eigenvalue weighted by Crippen LogP contribution is 2.12. The van der Waals surface area contributed by atoms with Crippen LogP contribution in [0.5, 0.6) is 5.88 Å². The SMILES string of the molecule is CCCCCCC(=O)N/N=C(\CC)c1c(O)n(C)c(=O)n(C)c1=O. The number of hydrazone groups is 1. The van der Waals surface area contributed by atoms with Gasteiger partial charge in [-0.15, -0.1) is 0 Å². The molecule has 0 saturated heterocycles. The largest absolute Gasteiger partial charge is 0.494 e. The molecule has 24 heavy (non-hydrogen) atoms. The second kappa shape index (κ2) is 9.05. The molecular weight excluding hydrogens is 312 g/mol. The van der Waals surface area contributed by atoms with E-state index < -0.39 is 17.1 Å². The summed E-state index contributed by atoms with van der Waals surface area (Å²) in [5.74, 6) is -0.695. The fourth-order valence-electron chi connectivity index (χ4n) is 2.30. The molecule has 8 heteroatoms. The molecule has 1 amide bonds. The van der Waals surface area contributed by atoms with E-state index in [1.807, 2.05) is 0 Å². The quantitative estimate of drug-likeness (QED) is 0.419. The molecule has 0 aromatic carbocycles. The van der Waals surface area contributed by atoms with Gasteiger partial charge in [-0.2, -0.15) is 5.10 Å². The van der Waals surface area contributed by atoms with Gasteiger partial charge in [-0.05, 0) is 12.8 Å². The van der Waals surface area contributed by atoms with Gasteiger partial charge in [-0.1, -0.05) is 33.1 Å². The highest BCUT2D eigenvalue weighted by atomic mass is 16.3. The molecule has 8 nitrogen and oxygen atoms in total. The number of aromatic nitrogens is 2. The number of nitrogens with zero attached hydrogens (tertiary/aromatic N) is 3. The first kappa shape index (κ1) is 19.7. The molecule has 0 aliphatic rings. The van der Waals surface area contributed by atoms with Crippen LogP contribution >= 0.6 is 0 Å². The minimum atomic E-state index is -0.645. The third-order valence-electron chi connectivity index (χ3n) is 3.83. The van der Waals surface area contributed by atoms with Crippen LogP contribution in [0, 0.1) is 0 Å². The molecule has 2 N–H and O–H groups in total. The van der Waals surface area contributed by atoms with Crippen LogP contribution in [-0.2, 0) is 18.9 Å². The van der Waals surface area contributed by atoms with Crippen LogP contribution in [0.2, 0.25) is 0 Å². The van der Waals surface area contributed by atoms with E-state index >= 15 is 0 Å². The maximum absolute atomic E-state index is 12.2. The van der Waals surface area contributed by atoms with Crippen molar-refractivity contribution >= 4 is 11.6 Å². The average molecular weight is 338 g/mol. The van der Waals surface area contributed by atoms with Crippen LogP contribution in [0.1, 0.15) is 57.9 Å². The van der Waals surface area contributed by atoms with E-state index in [1.165, 1.54) is 14.1 Å². The Hall–Kier alpha value is -2.38. The fraction of sp³-hybridized carbons (Fsp3) is 0.625. The fourth-order valence-corrected chi connectivity index (χ4v) is 2.30. The number of carbonyl (C=O) groups is 1. The predicted octanol–water partition coefficient (Wildman–Crippen LogP) is 0.990. The van der Waals surface area contributed by atoms with Gasteiger partial charge in [0.1, 0.15) is 5.56 Å². The summed E-state index contributed by atoms with van der Waals surface area (Å²) in [6, 6.07) is 0. The lowest BCUT2D eigenvalue weighted by Gasteiger charge is -2.11. The maximum Gasteiger partial charge on any atom is 0.333 e. The van der Waals surface area contributed by atoms with Gasteiger partial charge < -0.3 is 5.11 Å². The molecule has 1 aromatic heterocycles. The highest BCUT2D eigenvalue weighted by Gasteiger charge is 2.19. The van der Waals surface area contributed by atoms with Crippen LogP contribution in [0.3, 0.4) is 0 Å². The van der Waals surface area contributed by atoms with Crippen molar-refractivity contribution in [3.8, 4) is 5.88 Å². The lowest BCUT2D eigenvalue weighted by molar-refractivity contribution is -0.121. The van der Waals surface area contributed by atoms with E-state index in [0.29, 0.717) is 12.8 Å². The molecule has 0 saturated carbocycles. The van der Waals surface area contributed by atoms with Gasteiger partial charge in [0.2, 0.25) is 11.8 Å². The smallest absolute Gasteiger partial charge is 0.333 e. The molecular formula is C16H26N4O4. The van der Waals surface area contributed by atoms with Crippen molar-refractivity contribution in [2.75, 3.05) is 0 Å². The Morgan fingerprint density at radius 3 is 2.38 bits per heavy atom. The Labute approximate surface area is 140 Å². The Morgan fingerprint density at radius 1 is 1.12 bits per heavy atom. The molecule has 1 aromatic rings. The van der Waals surface area contributed by atoms with E-state index in [2.05, 4.69) is 17.5 Å². The number of unbranched alkanes of at least 4 members (excludes halogenated alkanes) is 3. The molecule has 1 heterocycles. The zero-order valence-electron chi connectivity index (χ0n) is 14.8. The van der Waals surface area contributed by atoms with Crippen molar-refractivity contribution in [2.45, 2.75) is 52.4 Å². The summed E-state index contributed by atoms with van der Waals surface area (Å²) in [5, 5.41) is 14.1. The Kier molecular flexibility index (Phi) is 7.41. The van der Waals surface area contributed by atoms with Crippen molar-refractivity contribution < 1.29 is 9.90 Å². The molecule has 0 aliphatic heterocycles. The number of amides is 1. The van der Waals surface area contributed by atoms with E-state index in [-0.39, 0.29) is 17.2 Å². The van der Waals surface area contributed by atoms with Gasteiger partial charge in [-0.25, -0.2) is 10.2 Å². The maximum atomic E-state index is 12.2. The molecule has 0 unspecified atom stereocenters. The minimum Gasteiger partial charge on any atom is -0.494 e. The summed E-state index contributed by atoms with van der Waals surface area (Å²) in [7, 11) is 2.69. The summed E-state index contributed by atoms with van der Waals surface area (Å²) < 4.78 is 1.86. The van der Waals surface area contributed by atoms with Crippen LogP contribution in [0.25, 0.3) is 0 Å². The number of hydrogen-bond donors (Lipinski definition) is 2. The van der Waals surface area contributed by atoms with Crippen molar-refractivity contribution in [1.29, 1.82) is 0 Å². The van der Waals surface area contributed by atoms with Gasteiger partial charge in [-0.3, -0.25) is 18.7 Å². The summed E-state index contributed by atoms with van der Waals surface area (Å²) >= 11 is 0. The van der Waals surface area contributed by atoms with Crippen molar-refractivity contribution in [3.05, 3.63) is 26.4 Å². The summed E-state index contributed by atoms with van der Waals surface area (Å²) in [6.07, 6.45) is 4.61. The lowest BCUT2D eigenvalue weighted by Crippen LogP contribution is -2.40. The van der Waals surface area contributed by atoms with Crippen LogP contribution in [-0.4, -0.2) is 25.9 Å². The van der Waals surface area contributed by atoms with E-state index in [1.54, 1.807) is 6.92 Å². The summed E-state index contributed by atoms with van der Waals surface area (Å²) in [5.41, 5.74) is 1.30. The standard InChI is InChI=1S/C16H26N4O4/c1-5-7-8-9-10-12(21)18-17-11(6-2)13-14(22)19(3)16(24)20(4)15(13)23/h22H,5-10H2,1-4H3,(H,18,21)/b17-11+. The van der Waals surface area contributed by atoms with Crippen molar-refractivity contribution in [2.24, 2.45) is 19.2 Å².